The number of hydrogen-bond donors (Lipinski definition) is 2. The van der Waals surface area contributed by atoms with Crippen molar-refractivity contribution in [3.63, 3.8) is 0 Å². The minimum Gasteiger partial charge on any atom is -0.272 e. The molecule has 1 rings (SSSR count). The average molecular weight is 251 g/mol. The van der Waals surface area contributed by atoms with Crippen molar-refractivity contribution >= 4 is 22.1 Å². The summed E-state index contributed by atoms with van der Waals surface area (Å²) in [7, 11) is -3.25. The number of H-pyrrole nitrogens is 2. The number of hydrogen-bond acceptors (Lipinski definition) is 4. The summed E-state index contributed by atoms with van der Waals surface area (Å²) in [5.74, 6) is 0. The highest BCUT2D eigenvalue weighted by Crippen LogP contribution is 2.16. The van der Waals surface area contributed by atoms with E-state index >= 15 is 0 Å². The smallest absolute Gasteiger partial charge is 0.272 e. The molecular weight excluding hydrogens is 238 g/mol. The van der Waals surface area contributed by atoms with Crippen LogP contribution in [0.5, 0.6) is 0 Å². The van der Waals surface area contributed by atoms with Crippen LogP contribution in [0.1, 0.15) is 13.8 Å². The largest absolute Gasteiger partial charge is 0.342 e. The summed E-state index contributed by atoms with van der Waals surface area (Å²) >= 11 is 4.85. The van der Waals surface area contributed by atoms with E-state index in [0.717, 1.165) is 6.26 Å². The van der Waals surface area contributed by atoms with Crippen LogP contribution >= 0.6 is 12.2 Å². The van der Waals surface area contributed by atoms with Crippen molar-refractivity contribution in [1.82, 2.24) is 14.8 Å². The molecule has 0 aliphatic heterocycles. The van der Waals surface area contributed by atoms with Crippen molar-refractivity contribution in [2.45, 2.75) is 25.1 Å². The standard InChI is InChI=1S/C7H13N3O3S2/c1-7(2,15(3,12)13)4-10-5(11)8-9-6(10)14/h4H2,1-3H3,(H,8,11)(H,9,14). The van der Waals surface area contributed by atoms with Gasteiger partial charge in [0, 0.05) is 12.8 Å². The minimum absolute atomic E-state index is 0.0312. The molecule has 1 aromatic rings. The predicted molar refractivity (Wildman–Crippen MR) is 59.2 cm³/mol. The van der Waals surface area contributed by atoms with Crippen LogP contribution in [0.15, 0.2) is 4.79 Å². The number of rotatable bonds is 3. The number of sulfone groups is 1. The molecule has 1 aromatic heterocycles. The molecule has 8 heteroatoms. The molecule has 0 atom stereocenters. The summed E-state index contributed by atoms with van der Waals surface area (Å²) < 4.78 is 23.2. The molecule has 86 valence electrons. The van der Waals surface area contributed by atoms with Gasteiger partial charge >= 0.3 is 5.69 Å². The Morgan fingerprint density at radius 2 is 1.93 bits per heavy atom. The highest BCUT2D eigenvalue weighted by Gasteiger charge is 2.31. The zero-order chi connectivity index (χ0) is 11.9. The number of nitrogens with zero attached hydrogens (tertiary/aromatic N) is 1. The predicted octanol–water partition coefficient (Wildman–Crippen LogP) is 0.0572. The van der Waals surface area contributed by atoms with E-state index in [-0.39, 0.29) is 11.3 Å². The second kappa shape index (κ2) is 3.60. The second-order valence-corrected chi connectivity index (χ2v) is 7.01. The first kappa shape index (κ1) is 12.2. The summed E-state index contributed by atoms with van der Waals surface area (Å²) in [6.07, 6.45) is 1.14. The second-order valence-electron chi connectivity index (χ2n) is 3.98. The van der Waals surface area contributed by atoms with E-state index in [0.29, 0.717) is 0 Å². The van der Waals surface area contributed by atoms with Gasteiger partial charge in [0.05, 0.1) is 4.75 Å². The Morgan fingerprint density at radius 3 is 2.27 bits per heavy atom. The quantitative estimate of drug-likeness (QED) is 0.743. The van der Waals surface area contributed by atoms with Gasteiger partial charge in [-0.15, -0.1) is 0 Å². The fourth-order valence-corrected chi connectivity index (χ4v) is 1.54. The summed E-state index contributed by atoms with van der Waals surface area (Å²) in [6, 6.07) is 0. The van der Waals surface area contributed by atoms with Gasteiger partial charge < -0.3 is 0 Å². The summed E-state index contributed by atoms with van der Waals surface area (Å²) in [6.45, 7) is 3.14. The Bertz CT molecular complexity index is 533. The lowest BCUT2D eigenvalue weighted by Gasteiger charge is -2.21. The molecule has 6 nitrogen and oxygen atoms in total. The summed E-state index contributed by atoms with van der Waals surface area (Å²) in [5, 5.41) is 4.75. The first-order valence-electron chi connectivity index (χ1n) is 4.22. The summed E-state index contributed by atoms with van der Waals surface area (Å²) in [5.41, 5.74) is -0.434. The van der Waals surface area contributed by atoms with Crippen LogP contribution < -0.4 is 5.69 Å². The molecule has 0 aromatic carbocycles. The Labute approximate surface area is 92.2 Å². The van der Waals surface area contributed by atoms with E-state index in [9.17, 15) is 13.2 Å². The van der Waals surface area contributed by atoms with Crippen LogP contribution in [0.3, 0.4) is 0 Å². The Balaban J connectivity index is 3.18. The zero-order valence-electron chi connectivity index (χ0n) is 8.70. The van der Waals surface area contributed by atoms with Gasteiger partial charge in [-0.25, -0.2) is 18.3 Å². The Hall–Kier alpha value is -0.890. The monoisotopic (exact) mass is 251 g/mol. The van der Waals surface area contributed by atoms with E-state index in [2.05, 4.69) is 10.2 Å². The first-order valence-corrected chi connectivity index (χ1v) is 6.52. The van der Waals surface area contributed by atoms with Crippen LogP contribution in [0.4, 0.5) is 0 Å². The molecule has 0 amide bonds. The van der Waals surface area contributed by atoms with Gasteiger partial charge in [0.15, 0.2) is 14.6 Å². The zero-order valence-corrected chi connectivity index (χ0v) is 10.3. The SMILES string of the molecule is CC(C)(Cn1c(=O)[nH][nH]c1=S)S(C)(=O)=O. The molecule has 2 N–H and O–H groups in total. The van der Waals surface area contributed by atoms with Crippen molar-refractivity contribution in [3.05, 3.63) is 15.3 Å². The topological polar surface area (TPSA) is 87.7 Å². The maximum absolute atomic E-state index is 11.4. The Kier molecular flexibility index (Phi) is 2.92. The van der Waals surface area contributed by atoms with Crippen molar-refractivity contribution in [2.75, 3.05) is 6.26 Å². The molecule has 0 fully saturated rings. The lowest BCUT2D eigenvalue weighted by atomic mass is 10.2. The fraction of sp³-hybridized carbons (Fsp3) is 0.714. The maximum atomic E-state index is 11.4. The molecule has 0 radical (unpaired) electrons. The molecular formula is C7H13N3O3S2. The third-order valence-corrected chi connectivity index (χ3v) is 4.77. The third-order valence-electron chi connectivity index (χ3n) is 2.31. The van der Waals surface area contributed by atoms with Gasteiger partial charge in [0.1, 0.15) is 0 Å². The van der Waals surface area contributed by atoms with Crippen molar-refractivity contribution < 1.29 is 8.42 Å². The highest BCUT2D eigenvalue weighted by atomic mass is 32.2. The van der Waals surface area contributed by atoms with Crippen molar-refractivity contribution in [3.8, 4) is 0 Å². The molecule has 1 heterocycles. The van der Waals surface area contributed by atoms with Crippen LogP contribution in [-0.2, 0) is 16.4 Å². The minimum atomic E-state index is -3.25. The van der Waals surface area contributed by atoms with Crippen LogP contribution in [0.2, 0.25) is 0 Å². The number of aromatic amines is 2. The van der Waals surface area contributed by atoms with Crippen molar-refractivity contribution in [1.29, 1.82) is 0 Å². The van der Waals surface area contributed by atoms with E-state index in [1.807, 2.05) is 0 Å². The lowest BCUT2D eigenvalue weighted by Crippen LogP contribution is -2.38. The van der Waals surface area contributed by atoms with Crippen LogP contribution in [0.25, 0.3) is 0 Å². The molecule has 0 saturated heterocycles. The van der Waals surface area contributed by atoms with Gasteiger partial charge in [-0.3, -0.25) is 9.67 Å². The van der Waals surface area contributed by atoms with Crippen LogP contribution in [0, 0.1) is 4.77 Å². The van der Waals surface area contributed by atoms with Gasteiger partial charge in [0.2, 0.25) is 0 Å². The normalized spacial score (nSPS) is 13.0. The maximum Gasteiger partial charge on any atom is 0.342 e. The van der Waals surface area contributed by atoms with Crippen molar-refractivity contribution in [2.24, 2.45) is 0 Å². The summed E-state index contributed by atoms with van der Waals surface area (Å²) in [4.78, 5) is 11.3. The number of aromatic nitrogens is 3. The van der Waals surface area contributed by atoms with Gasteiger partial charge in [0.25, 0.3) is 0 Å². The van der Waals surface area contributed by atoms with E-state index in [1.54, 1.807) is 13.8 Å². The molecule has 0 bridgehead atoms. The molecule has 0 aliphatic rings. The number of nitrogens with one attached hydrogen (secondary N) is 2. The first-order chi connectivity index (χ1) is 6.65. The third kappa shape index (κ3) is 2.37. The van der Waals surface area contributed by atoms with E-state index in [1.165, 1.54) is 4.57 Å². The molecule has 0 spiro atoms. The van der Waals surface area contributed by atoms with E-state index in [4.69, 9.17) is 12.2 Å². The Morgan fingerprint density at radius 1 is 1.40 bits per heavy atom. The van der Waals surface area contributed by atoms with Gasteiger partial charge in [-0.05, 0) is 26.1 Å². The molecule has 15 heavy (non-hydrogen) atoms. The highest BCUT2D eigenvalue weighted by molar-refractivity contribution is 7.92. The van der Waals surface area contributed by atoms with E-state index < -0.39 is 20.3 Å². The average Bonchev–Trinajstić information content (AvgIpc) is 2.33. The molecule has 0 saturated carbocycles. The van der Waals surface area contributed by atoms with Gasteiger partial charge in [-0.1, -0.05) is 0 Å². The van der Waals surface area contributed by atoms with Gasteiger partial charge in [-0.2, -0.15) is 0 Å². The molecule has 0 unspecified atom stereocenters. The van der Waals surface area contributed by atoms with Crippen LogP contribution in [-0.4, -0.2) is 34.2 Å². The fourth-order valence-electron chi connectivity index (χ4n) is 0.976. The lowest BCUT2D eigenvalue weighted by molar-refractivity contribution is 0.494. The molecule has 0 aliphatic carbocycles.